The maximum atomic E-state index is 11.0. The zero-order chi connectivity index (χ0) is 12.8. The van der Waals surface area contributed by atoms with E-state index in [1.54, 1.807) is 6.07 Å². The first-order valence-electron chi connectivity index (χ1n) is 5.91. The highest BCUT2D eigenvalue weighted by Crippen LogP contribution is 2.45. The van der Waals surface area contributed by atoms with Crippen LogP contribution < -0.4 is 9.47 Å². The Hall–Kier alpha value is -1.26. The van der Waals surface area contributed by atoms with Crippen molar-refractivity contribution < 1.29 is 19.4 Å². The van der Waals surface area contributed by atoms with Gasteiger partial charge < -0.3 is 14.6 Å². The average molecular weight is 269 g/mol. The Morgan fingerprint density at radius 3 is 2.61 bits per heavy atom. The maximum Gasteiger partial charge on any atom is 0.173 e. The predicted octanol–water partition coefficient (Wildman–Crippen LogP) is 1.99. The number of carbonyl (C=O) groups excluding carboxylic acids is 1. The molecular formula is C13H13ClO4. The Kier molecular flexibility index (Phi) is 2.72. The number of rotatable bonds is 3. The predicted molar refractivity (Wildman–Crippen MR) is 65.7 cm³/mol. The molecule has 1 heterocycles. The summed E-state index contributed by atoms with van der Waals surface area (Å²) in [5, 5.41) is 10.3. The van der Waals surface area contributed by atoms with Crippen molar-refractivity contribution in [2.24, 2.45) is 0 Å². The van der Waals surface area contributed by atoms with Crippen molar-refractivity contribution in [3.05, 3.63) is 22.2 Å². The van der Waals surface area contributed by atoms with E-state index < -0.39 is 5.60 Å². The third-order valence-corrected chi connectivity index (χ3v) is 3.65. The van der Waals surface area contributed by atoms with E-state index in [4.69, 9.17) is 21.1 Å². The molecule has 1 aromatic rings. The number of carbonyl (C=O) groups is 1. The average Bonchev–Trinajstić information content (AvgIpc) is 3.07. The molecule has 0 aromatic heterocycles. The van der Waals surface area contributed by atoms with Crippen molar-refractivity contribution >= 4 is 17.9 Å². The number of aldehydes is 1. The molecule has 18 heavy (non-hydrogen) atoms. The minimum Gasteiger partial charge on any atom is -0.486 e. The highest BCUT2D eigenvalue weighted by atomic mass is 35.5. The van der Waals surface area contributed by atoms with Crippen LogP contribution in [0.2, 0.25) is 5.02 Å². The van der Waals surface area contributed by atoms with Gasteiger partial charge in [-0.05, 0) is 18.9 Å². The number of hydrogen-bond acceptors (Lipinski definition) is 4. The number of fused-ring (bicyclic) bond motifs is 1. The molecule has 1 fully saturated rings. The van der Waals surface area contributed by atoms with E-state index in [1.807, 2.05) is 0 Å². The molecule has 0 unspecified atom stereocenters. The van der Waals surface area contributed by atoms with Crippen LogP contribution in [0, 0.1) is 0 Å². The van der Waals surface area contributed by atoms with Crippen LogP contribution >= 0.6 is 11.6 Å². The molecule has 1 aromatic carbocycles. The lowest BCUT2D eigenvalue weighted by atomic mass is 10.0. The second-order valence-corrected chi connectivity index (χ2v) is 5.21. The Labute approximate surface area is 109 Å². The summed E-state index contributed by atoms with van der Waals surface area (Å²) in [7, 11) is 0. The summed E-state index contributed by atoms with van der Waals surface area (Å²) in [6.07, 6.45) is 2.73. The van der Waals surface area contributed by atoms with Crippen molar-refractivity contribution in [3.8, 4) is 11.5 Å². The van der Waals surface area contributed by atoms with Crippen LogP contribution in [-0.4, -0.2) is 30.2 Å². The van der Waals surface area contributed by atoms with Crippen LogP contribution in [0.15, 0.2) is 6.07 Å². The quantitative estimate of drug-likeness (QED) is 0.852. The van der Waals surface area contributed by atoms with Gasteiger partial charge in [-0.2, -0.15) is 0 Å². The highest BCUT2D eigenvalue weighted by molar-refractivity contribution is 6.33. The first kappa shape index (κ1) is 11.8. The SMILES string of the molecule is O=Cc1c(Cl)cc(CC2(O)CC2)c2c1OCCO2. The van der Waals surface area contributed by atoms with Gasteiger partial charge in [0, 0.05) is 12.0 Å². The van der Waals surface area contributed by atoms with E-state index in [1.165, 1.54) is 0 Å². The number of aliphatic hydroxyl groups is 1. The summed E-state index contributed by atoms with van der Waals surface area (Å²) in [6.45, 7) is 0.844. The molecule has 0 saturated heterocycles. The Morgan fingerprint density at radius 1 is 1.33 bits per heavy atom. The van der Waals surface area contributed by atoms with Gasteiger partial charge in [-0.25, -0.2) is 0 Å². The second kappa shape index (κ2) is 4.14. The topological polar surface area (TPSA) is 55.8 Å². The van der Waals surface area contributed by atoms with Gasteiger partial charge in [-0.15, -0.1) is 0 Å². The number of ether oxygens (including phenoxy) is 2. The molecule has 0 amide bonds. The van der Waals surface area contributed by atoms with E-state index in [9.17, 15) is 9.90 Å². The highest BCUT2D eigenvalue weighted by Gasteiger charge is 2.41. The van der Waals surface area contributed by atoms with Gasteiger partial charge in [0.1, 0.15) is 13.2 Å². The first-order chi connectivity index (χ1) is 8.63. The lowest BCUT2D eigenvalue weighted by molar-refractivity contribution is 0.111. The van der Waals surface area contributed by atoms with Gasteiger partial charge in [0.25, 0.3) is 0 Å². The monoisotopic (exact) mass is 268 g/mol. The van der Waals surface area contributed by atoms with Gasteiger partial charge in [0.2, 0.25) is 0 Å². The summed E-state index contributed by atoms with van der Waals surface area (Å²) >= 11 is 6.07. The molecule has 2 aliphatic rings. The van der Waals surface area contributed by atoms with Gasteiger partial charge in [0.05, 0.1) is 16.2 Å². The summed E-state index contributed by atoms with van der Waals surface area (Å²) in [6, 6.07) is 1.69. The van der Waals surface area contributed by atoms with Crippen molar-refractivity contribution in [1.82, 2.24) is 0 Å². The van der Waals surface area contributed by atoms with Crippen LogP contribution in [0.4, 0.5) is 0 Å². The van der Waals surface area contributed by atoms with E-state index in [0.717, 1.165) is 18.4 Å². The molecule has 1 aliphatic heterocycles. The largest absolute Gasteiger partial charge is 0.486 e. The number of halogens is 1. The summed E-state index contributed by atoms with van der Waals surface area (Å²) in [5.74, 6) is 0.955. The standard InChI is InChI=1S/C13H13ClO4/c14-10-5-8(6-13(16)1-2-13)11-12(9(10)7-15)18-4-3-17-11/h5,7,16H,1-4,6H2. The van der Waals surface area contributed by atoms with Crippen LogP contribution in [-0.2, 0) is 6.42 Å². The molecule has 5 heteroatoms. The maximum absolute atomic E-state index is 11.0. The molecule has 0 atom stereocenters. The number of benzene rings is 1. The molecular weight excluding hydrogens is 256 g/mol. The second-order valence-electron chi connectivity index (χ2n) is 4.81. The fourth-order valence-electron chi connectivity index (χ4n) is 2.18. The van der Waals surface area contributed by atoms with Gasteiger partial charge in [0.15, 0.2) is 17.8 Å². The molecule has 0 radical (unpaired) electrons. The molecule has 0 bridgehead atoms. The van der Waals surface area contributed by atoms with Crippen molar-refractivity contribution in [3.63, 3.8) is 0 Å². The van der Waals surface area contributed by atoms with E-state index in [0.29, 0.717) is 48.0 Å². The number of hydrogen-bond donors (Lipinski definition) is 1. The zero-order valence-corrected chi connectivity index (χ0v) is 10.5. The zero-order valence-electron chi connectivity index (χ0n) is 9.74. The lowest BCUT2D eigenvalue weighted by Crippen LogP contribution is -2.20. The molecule has 96 valence electrons. The van der Waals surface area contributed by atoms with Crippen molar-refractivity contribution in [1.29, 1.82) is 0 Å². The van der Waals surface area contributed by atoms with Crippen molar-refractivity contribution in [2.75, 3.05) is 13.2 Å². The van der Waals surface area contributed by atoms with E-state index in [2.05, 4.69) is 0 Å². The van der Waals surface area contributed by atoms with E-state index >= 15 is 0 Å². The van der Waals surface area contributed by atoms with Crippen LogP contribution in [0.3, 0.4) is 0 Å². The van der Waals surface area contributed by atoms with Gasteiger partial charge in [-0.1, -0.05) is 11.6 Å². The molecule has 0 spiro atoms. The molecule has 3 rings (SSSR count). The fourth-order valence-corrected chi connectivity index (χ4v) is 2.44. The van der Waals surface area contributed by atoms with Gasteiger partial charge >= 0.3 is 0 Å². The summed E-state index contributed by atoms with van der Waals surface area (Å²) < 4.78 is 11.1. The minimum atomic E-state index is -0.638. The third-order valence-electron chi connectivity index (χ3n) is 3.34. The summed E-state index contributed by atoms with van der Waals surface area (Å²) in [4.78, 5) is 11.0. The van der Waals surface area contributed by atoms with Crippen LogP contribution in [0.25, 0.3) is 0 Å². The Balaban J connectivity index is 2.08. The molecule has 1 N–H and O–H groups in total. The van der Waals surface area contributed by atoms with Crippen molar-refractivity contribution in [2.45, 2.75) is 24.9 Å². The third kappa shape index (κ3) is 1.95. The normalized spacial score (nSPS) is 19.4. The smallest absolute Gasteiger partial charge is 0.173 e. The molecule has 1 saturated carbocycles. The summed E-state index contributed by atoms with van der Waals surface area (Å²) in [5.41, 5.74) is 0.485. The lowest BCUT2D eigenvalue weighted by Gasteiger charge is -2.24. The van der Waals surface area contributed by atoms with Crippen LogP contribution in [0.1, 0.15) is 28.8 Å². The first-order valence-corrected chi connectivity index (χ1v) is 6.29. The fraction of sp³-hybridized carbons (Fsp3) is 0.462. The molecule has 1 aliphatic carbocycles. The van der Waals surface area contributed by atoms with Gasteiger partial charge in [-0.3, -0.25) is 4.79 Å². The van der Waals surface area contributed by atoms with Crippen LogP contribution in [0.5, 0.6) is 11.5 Å². The minimum absolute atomic E-state index is 0.318. The molecule has 4 nitrogen and oxygen atoms in total. The van der Waals surface area contributed by atoms with E-state index in [-0.39, 0.29) is 0 Å². The Bertz CT molecular complexity index is 508. The Morgan fingerprint density at radius 2 is 2.00 bits per heavy atom.